The van der Waals surface area contributed by atoms with Gasteiger partial charge >= 0.3 is 6.18 Å². The highest BCUT2D eigenvalue weighted by Gasteiger charge is 2.32. The van der Waals surface area contributed by atoms with Crippen molar-refractivity contribution in [3.63, 3.8) is 0 Å². The molecule has 2 amide bonds. The molecule has 6 rings (SSSR count). The Morgan fingerprint density at radius 1 is 1.04 bits per heavy atom. The Hall–Kier alpha value is -4.91. The third-order valence-electron chi connectivity index (χ3n) is 9.08. The normalized spacial score (nSPS) is 18.3. The fraction of sp³-hybridized carbons (Fsp3) is 0.389. The number of methoxy groups -OCH3 is 1. The number of ether oxygens (including phenoxy) is 2. The zero-order valence-corrected chi connectivity index (χ0v) is 27.6. The van der Waals surface area contributed by atoms with Gasteiger partial charge in [-0.2, -0.15) is 13.2 Å². The molecule has 2 saturated heterocycles. The van der Waals surface area contributed by atoms with Crippen molar-refractivity contribution in [2.45, 2.75) is 70.3 Å². The van der Waals surface area contributed by atoms with Crippen LogP contribution in [-0.4, -0.2) is 53.0 Å². The Bertz CT molecular complexity index is 1880. The number of carbonyl (C=O) groups is 2. The van der Waals surface area contributed by atoms with Gasteiger partial charge in [-0.25, -0.2) is 9.97 Å². The van der Waals surface area contributed by atoms with Crippen LogP contribution in [0.25, 0.3) is 10.9 Å². The number of rotatable bonds is 9. The molecule has 0 saturated carbocycles. The van der Waals surface area contributed by atoms with Gasteiger partial charge in [0.15, 0.2) is 11.5 Å². The average molecular weight is 677 g/mol. The molecule has 1 unspecified atom stereocenters. The molecule has 1 aromatic heterocycles. The van der Waals surface area contributed by atoms with E-state index < -0.39 is 17.8 Å². The minimum atomic E-state index is -4.52. The van der Waals surface area contributed by atoms with Crippen LogP contribution < -0.4 is 25.8 Å². The van der Waals surface area contributed by atoms with Crippen molar-refractivity contribution in [3.05, 3.63) is 82.7 Å². The number of piperidine rings is 2. The number of alkyl halides is 3. The van der Waals surface area contributed by atoms with E-state index in [2.05, 4.69) is 37.6 Å². The van der Waals surface area contributed by atoms with E-state index >= 15 is 0 Å². The van der Waals surface area contributed by atoms with Gasteiger partial charge in [0.05, 0.1) is 30.1 Å². The van der Waals surface area contributed by atoms with Crippen LogP contribution in [0.4, 0.5) is 24.7 Å². The molecule has 2 aliphatic heterocycles. The quantitative estimate of drug-likeness (QED) is 0.138. The molecule has 13 heteroatoms. The lowest BCUT2D eigenvalue weighted by Gasteiger charge is -2.32. The first-order valence-corrected chi connectivity index (χ1v) is 16.3. The number of anilines is 2. The molecular formula is C36H39F3N6O4. The number of aromatic nitrogens is 2. The fourth-order valence-electron chi connectivity index (χ4n) is 6.54. The van der Waals surface area contributed by atoms with E-state index in [-0.39, 0.29) is 29.5 Å². The number of likely N-dealkylation sites (tertiary alicyclic amines) is 1. The van der Waals surface area contributed by atoms with Crippen LogP contribution in [0.5, 0.6) is 11.5 Å². The lowest BCUT2D eigenvalue weighted by atomic mass is 9.89. The van der Waals surface area contributed by atoms with Crippen LogP contribution in [0.3, 0.4) is 0 Å². The van der Waals surface area contributed by atoms with Gasteiger partial charge in [-0.05, 0) is 74.1 Å². The second-order valence-corrected chi connectivity index (χ2v) is 12.7. The van der Waals surface area contributed by atoms with E-state index in [1.807, 2.05) is 18.2 Å². The first-order chi connectivity index (χ1) is 23.4. The maximum atomic E-state index is 13.5. The fourth-order valence-corrected chi connectivity index (χ4v) is 6.54. The lowest BCUT2D eigenvalue weighted by Crippen LogP contribution is -2.39. The minimum Gasteiger partial charge on any atom is -0.493 e. The van der Waals surface area contributed by atoms with Crippen molar-refractivity contribution in [1.82, 2.24) is 20.2 Å². The SMILES string of the molecule is COc1cc2nc(C)nc(N[C@H](C)c3cc(N)cc(C(F)(F)F)c3)c2cc1OC1CCN(Cc2cccc(C3CCC(=O)NC3=O)c2)CC1. The van der Waals surface area contributed by atoms with Crippen molar-refractivity contribution in [3.8, 4) is 11.5 Å². The van der Waals surface area contributed by atoms with Crippen molar-refractivity contribution in [1.29, 1.82) is 0 Å². The average Bonchev–Trinajstić information content (AvgIpc) is 3.05. The second-order valence-electron chi connectivity index (χ2n) is 12.7. The lowest BCUT2D eigenvalue weighted by molar-refractivity contribution is -0.138. The van der Waals surface area contributed by atoms with Crippen LogP contribution in [0.1, 0.15) is 72.6 Å². The number of imide groups is 1. The summed E-state index contributed by atoms with van der Waals surface area (Å²) in [4.78, 5) is 35.5. The molecule has 4 aromatic rings. The Morgan fingerprint density at radius 3 is 2.53 bits per heavy atom. The van der Waals surface area contributed by atoms with Crippen molar-refractivity contribution in [2.75, 3.05) is 31.2 Å². The van der Waals surface area contributed by atoms with Crippen LogP contribution in [0.15, 0.2) is 54.6 Å². The number of nitrogen functional groups attached to an aromatic ring is 1. The second kappa shape index (κ2) is 13.9. The van der Waals surface area contributed by atoms with Crippen LogP contribution >= 0.6 is 0 Å². The number of hydrogen-bond acceptors (Lipinski definition) is 9. The number of hydrogen-bond donors (Lipinski definition) is 3. The molecule has 2 atom stereocenters. The Kier molecular flexibility index (Phi) is 9.64. The van der Waals surface area contributed by atoms with Gasteiger partial charge in [0.1, 0.15) is 17.7 Å². The van der Waals surface area contributed by atoms with E-state index in [9.17, 15) is 22.8 Å². The Labute approximate surface area is 282 Å². The molecule has 0 radical (unpaired) electrons. The van der Waals surface area contributed by atoms with Crippen LogP contribution in [0, 0.1) is 6.92 Å². The maximum absolute atomic E-state index is 13.5. The van der Waals surface area contributed by atoms with Gasteiger partial charge in [-0.15, -0.1) is 0 Å². The highest BCUT2D eigenvalue weighted by molar-refractivity contribution is 6.01. The van der Waals surface area contributed by atoms with Gasteiger partial charge in [0.2, 0.25) is 11.8 Å². The smallest absolute Gasteiger partial charge is 0.416 e. The summed E-state index contributed by atoms with van der Waals surface area (Å²) in [5, 5.41) is 6.34. The molecule has 10 nitrogen and oxygen atoms in total. The number of carbonyl (C=O) groups excluding carboxylic acids is 2. The number of halogens is 3. The number of aryl methyl sites for hydroxylation is 1. The van der Waals surface area contributed by atoms with E-state index in [0.29, 0.717) is 52.4 Å². The highest BCUT2D eigenvalue weighted by Crippen LogP contribution is 2.38. The van der Waals surface area contributed by atoms with Crippen LogP contribution in [0.2, 0.25) is 0 Å². The number of amides is 2. The molecule has 3 aromatic carbocycles. The van der Waals surface area contributed by atoms with E-state index in [0.717, 1.165) is 55.7 Å². The number of nitrogens with two attached hydrogens (primary N) is 1. The minimum absolute atomic E-state index is 0.0226. The Balaban J connectivity index is 1.15. The summed E-state index contributed by atoms with van der Waals surface area (Å²) in [5.74, 6) is 1.19. The zero-order chi connectivity index (χ0) is 34.9. The van der Waals surface area contributed by atoms with E-state index in [4.69, 9.17) is 15.2 Å². The topological polar surface area (TPSA) is 132 Å². The molecule has 3 heterocycles. The van der Waals surface area contributed by atoms with Gasteiger partial charge < -0.3 is 20.5 Å². The monoisotopic (exact) mass is 676 g/mol. The summed E-state index contributed by atoms with van der Waals surface area (Å²) in [6.07, 6.45) is -2.19. The maximum Gasteiger partial charge on any atom is 0.416 e. The molecule has 0 bridgehead atoms. The predicted molar refractivity (Wildman–Crippen MR) is 179 cm³/mol. The van der Waals surface area contributed by atoms with Gasteiger partial charge in [-0.3, -0.25) is 19.8 Å². The molecule has 4 N–H and O–H groups in total. The van der Waals surface area contributed by atoms with E-state index in [1.165, 1.54) is 6.07 Å². The Morgan fingerprint density at radius 2 is 1.82 bits per heavy atom. The number of nitrogens with one attached hydrogen (secondary N) is 2. The summed E-state index contributed by atoms with van der Waals surface area (Å²) in [7, 11) is 1.56. The molecule has 2 fully saturated rings. The predicted octanol–water partition coefficient (Wildman–Crippen LogP) is 6.28. The van der Waals surface area contributed by atoms with Crippen molar-refractivity contribution in [2.24, 2.45) is 0 Å². The highest BCUT2D eigenvalue weighted by atomic mass is 19.4. The third-order valence-corrected chi connectivity index (χ3v) is 9.08. The summed E-state index contributed by atoms with van der Waals surface area (Å²) in [6, 6.07) is 14.6. The molecule has 258 valence electrons. The first kappa shape index (κ1) is 34.0. The van der Waals surface area contributed by atoms with Crippen molar-refractivity contribution < 1.29 is 32.2 Å². The molecule has 2 aliphatic rings. The van der Waals surface area contributed by atoms with Crippen LogP contribution in [-0.2, 0) is 22.3 Å². The zero-order valence-electron chi connectivity index (χ0n) is 27.6. The molecule has 0 spiro atoms. The number of nitrogens with zero attached hydrogens (tertiary/aromatic N) is 3. The number of benzene rings is 3. The van der Waals surface area contributed by atoms with Gasteiger partial charge in [0, 0.05) is 43.2 Å². The standard InChI is InChI=1S/C36H39F3N6O4/c1-20(24-14-25(36(37,38)39)16-26(40)15-24)41-34-29-17-32(31(48-3)18-30(29)42-21(2)43-34)49-27-9-11-45(12-10-27)19-22-5-4-6-23(13-22)28-7-8-33(46)44-35(28)47/h4-6,13-18,20,27-28H,7-12,19,40H2,1-3H3,(H,41,42,43)(H,44,46,47)/t20-,28?/m1/s1. The van der Waals surface area contributed by atoms with Gasteiger partial charge in [-0.1, -0.05) is 24.3 Å². The molecular weight excluding hydrogens is 637 g/mol. The summed E-state index contributed by atoms with van der Waals surface area (Å²) < 4.78 is 52.6. The first-order valence-electron chi connectivity index (χ1n) is 16.3. The van der Waals surface area contributed by atoms with E-state index in [1.54, 1.807) is 27.0 Å². The molecule has 0 aliphatic carbocycles. The number of fused-ring (bicyclic) bond motifs is 1. The third kappa shape index (κ3) is 7.88. The summed E-state index contributed by atoms with van der Waals surface area (Å²) in [5.41, 5.74) is 8.03. The summed E-state index contributed by atoms with van der Waals surface area (Å²) in [6.45, 7) is 5.83. The largest absolute Gasteiger partial charge is 0.493 e. The molecule has 49 heavy (non-hydrogen) atoms. The summed E-state index contributed by atoms with van der Waals surface area (Å²) >= 11 is 0. The van der Waals surface area contributed by atoms with Crippen molar-refractivity contribution >= 4 is 34.2 Å². The van der Waals surface area contributed by atoms with Gasteiger partial charge in [0.25, 0.3) is 0 Å².